The molecule has 0 aliphatic carbocycles. The van der Waals surface area contributed by atoms with Crippen molar-refractivity contribution in [1.82, 2.24) is 10.6 Å². The summed E-state index contributed by atoms with van der Waals surface area (Å²) < 4.78 is 38.1. The van der Waals surface area contributed by atoms with Crippen LogP contribution in [0.3, 0.4) is 0 Å². The monoisotopic (exact) mass is 294 g/mol. The number of thiophene rings is 1. The van der Waals surface area contributed by atoms with E-state index in [0.717, 1.165) is 0 Å². The van der Waals surface area contributed by atoms with E-state index in [4.69, 9.17) is 0 Å². The maximum atomic E-state index is 12.7. The van der Waals surface area contributed by atoms with Gasteiger partial charge in [-0.3, -0.25) is 4.79 Å². The molecule has 0 saturated carbocycles. The Labute approximate surface area is 114 Å². The zero-order valence-electron chi connectivity index (χ0n) is 11.0. The summed E-state index contributed by atoms with van der Waals surface area (Å²) >= 11 is 0.665. The summed E-state index contributed by atoms with van der Waals surface area (Å²) in [5.41, 5.74) is 0.173. The van der Waals surface area contributed by atoms with Crippen LogP contribution < -0.4 is 10.6 Å². The molecule has 0 unspecified atom stereocenters. The molecule has 0 radical (unpaired) electrons. The van der Waals surface area contributed by atoms with Crippen LogP contribution in [0, 0.1) is 5.92 Å². The molecule has 1 heterocycles. The largest absolute Gasteiger partial charge is 0.425 e. The molecule has 3 nitrogen and oxygen atoms in total. The Kier molecular flexibility index (Phi) is 5.37. The van der Waals surface area contributed by atoms with Gasteiger partial charge in [0.1, 0.15) is 4.88 Å². The normalized spacial score (nSPS) is 13.6. The van der Waals surface area contributed by atoms with Crippen molar-refractivity contribution >= 4 is 17.2 Å². The second kappa shape index (κ2) is 6.38. The highest BCUT2D eigenvalue weighted by atomic mass is 32.1. The van der Waals surface area contributed by atoms with Crippen molar-refractivity contribution in [3.05, 3.63) is 21.9 Å². The van der Waals surface area contributed by atoms with E-state index in [-0.39, 0.29) is 23.9 Å². The Balaban J connectivity index is 2.76. The van der Waals surface area contributed by atoms with Gasteiger partial charge in [0.05, 0.1) is 6.04 Å². The number of carbonyl (C=O) groups is 1. The van der Waals surface area contributed by atoms with Crippen LogP contribution in [0.2, 0.25) is 0 Å². The summed E-state index contributed by atoms with van der Waals surface area (Å²) in [5, 5.41) is 6.79. The lowest BCUT2D eigenvalue weighted by Gasteiger charge is -2.21. The summed E-state index contributed by atoms with van der Waals surface area (Å²) in [6.07, 6.45) is -4.34. The van der Waals surface area contributed by atoms with Crippen LogP contribution in [0.1, 0.15) is 24.3 Å². The highest BCUT2D eigenvalue weighted by Crippen LogP contribution is 2.35. The molecule has 1 amide bonds. The third kappa shape index (κ3) is 4.21. The van der Waals surface area contributed by atoms with Crippen LogP contribution in [-0.4, -0.2) is 19.0 Å². The Hall–Kier alpha value is -1.08. The van der Waals surface area contributed by atoms with Gasteiger partial charge in [0.15, 0.2) is 0 Å². The number of amides is 1. The lowest BCUT2D eigenvalue weighted by atomic mass is 10.0. The standard InChI is InChI=1S/C12H17F3N2OS/c1-7(2)9(11(18)16-3)17-6-8-4-5-19-10(8)12(13,14)15/h4-5,7,9,17H,6H2,1-3H3,(H,16,18)/t9-/m0/s1. The van der Waals surface area contributed by atoms with Gasteiger partial charge in [-0.2, -0.15) is 13.2 Å². The molecule has 7 heteroatoms. The van der Waals surface area contributed by atoms with E-state index in [2.05, 4.69) is 10.6 Å². The maximum Gasteiger partial charge on any atom is 0.425 e. The maximum absolute atomic E-state index is 12.7. The van der Waals surface area contributed by atoms with Crippen LogP contribution in [0.5, 0.6) is 0 Å². The number of hydrogen-bond donors (Lipinski definition) is 2. The minimum Gasteiger partial charge on any atom is -0.358 e. The third-order valence-corrected chi connectivity index (χ3v) is 3.71. The molecule has 19 heavy (non-hydrogen) atoms. The predicted octanol–water partition coefficient (Wildman–Crippen LogP) is 2.63. The number of alkyl halides is 3. The molecule has 0 aromatic carbocycles. The number of carbonyl (C=O) groups excluding carboxylic acids is 1. The van der Waals surface area contributed by atoms with Gasteiger partial charge in [0, 0.05) is 13.6 Å². The first-order valence-electron chi connectivity index (χ1n) is 5.86. The Morgan fingerprint density at radius 2 is 2.05 bits per heavy atom. The Morgan fingerprint density at radius 1 is 1.42 bits per heavy atom. The van der Waals surface area contributed by atoms with Crippen LogP contribution in [0.15, 0.2) is 11.4 Å². The zero-order chi connectivity index (χ0) is 14.6. The molecule has 0 fully saturated rings. The molecule has 1 rings (SSSR count). The molecule has 0 spiro atoms. The van der Waals surface area contributed by atoms with Crippen LogP contribution in [-0.2, 0) is 17.5 Å². The molecule has 1 aromatic rings. The molecular formula is C12H17F3N2OS. The second-order valence-corrected chi connectivity index (χ2v) is 5.41. The van der Waals surface area contributed by atoms with Gasteiger partial charge in [-0.15, -0.1) is 11.3 Å². The third-order valence-electron chi connectivity index (χ3n) is 2.71. The fourth-order valence-corrected chi connectivity index (χ4v) is 2.52. The summed E-state index contributed by atoms with van der Waals surface area (Å²) in [6.45, 7) is 3.70. The molecule has 2 N–H and O–H groups in total. The van der Waals surface area contributed by atoms with Gasteiger partial charge >= 0.3 is 6.18 Å². The summed E-state index contributed by atoms with van der Waals surface area (Å²) in [6, 6.07) is 0.924. The highest BCUT2D eigenvalue weighted by Gasteiger charge is 2.35. The van der Waals surface area contributed by atoms with E-state index in [0.29, 0.717) is 11.3 Å². The Bertz CT molecular complexity index is 429. The quantitative estimate of drug-likeness (QED) is 0.876. The van der Waals surface area contributed by atoms with Crippen molar-refractivity contribution in [1.29, 1.82) is 0 Å². The van der Waals surface area contributed by atoms with Crippen LogP contribution in [0.4, 0.5) is 13.2 Å². The summed E-state index contributed by atoms with van der Waals surface area (Å²) in [4.78, 5) is 11.0. The molecule has 0 bridgehead atoms. The van der Waals surface area contributed by atoms with Crippen molar-refractivity contribution in [2.45, 2.75) is 32.6 Å². The summed E-state index contributed by atoms with van der Waals surface area (Å²) in [7, 11) is 1.51. The number of rotatable bonds is 5. The smallest absolute Gasteiger partial charge is 0.358 e. The van der Waals surface area contributed by atoms with Gasteiger partial charge < -0.3 is 10.6 Å². The topological polar surface area (TPSA) is 41.1 Å². The van der Waals surface area contributed by atoms with E-state index in [9.17, 15) is 18.0 Å². The number of likely N-dealkylation sites (N-methyl/N-ethyl adjacent to an activating group) is 1. The minimum atomic E-state index is -4.34. The van der Waals surface area contributed by atoms with Crippen molar-refractivity contribution in [2.24, 2.45) is 5.92 Å². The average molecular weight is 294 g/mol. The van der Waals surface area contributed by atoms with E-state index in [1.54, 1.807) is 0 Å². The molecular weight excluding hydrogens is 277 g/mol. The van der Waals surface area contributed by atoms with Crippen LogP contribution in [0.25, 0.3) is 0 Å². The van der Waals surface area contributed by atoms with E-state index >= 15 is 0 Å². The van der Waals surface area contributed by atoms with Gasteiger partial charge in [-0.25, -0.2) is 0 Å². The van der Waals surface area contributed by atoms with Gasteiger partial charge in [0.2, 0.25) is 5.91 Å². The molecule has 1 aromatic heterocycles. The van der Waals surface area contributed by atoms with Gasteiger partial charge in [-0.1, -0.05) is 13.8 Å². The lowest BCUT2D eigenvalue weighted by molar-refractivity contribution is -0.134. The highest BCUT2D eigenvalue weighted by molar-refractivity contribution is 7.10. The fraction of sp³-hybridized carbons (Fsp3) is 0.583. The van der Waals surface area contributed by atoms with Crippen molar-refractivity contribution < 1.29 is 18.0 Å². The predicted molar refractivity (Wildman–Crippen MR) is 68.9 cm³/mol. The van der Waals surface area contributed by atoms with E-state index < -0.39 is 17.1 Å². The molecule has 0 aliphatic heterocycles. The molecule has 1 atom stereocenters. The fourth-order valence-electron chi connectivity index (χ4n) is 1.73. The Morgan fingerprint density at radius 3 is 2.53 bits per heavy atom. The lowest BCUT2D eigenvalue weighted by Crippen LogP contribution is -2.46. The average Bonchev–Trinajstić information content (AvgIpc) is 2.76. The molecule has 0 aliphatic rings. The van der Waals surface area contributed by atoms with Crippen molar-refractivity contribution in [3.63, 3.8) is 0 Å². The first kappa shape index (κ1) is 16.0. The second-order valence-electron chi connectivity index (χ2n) is 4.49. The SMILES string of the molecule is CNC(=O)[C@@H](NCc1ccsc1C(F)(F)F)C(C)C. The minimum absolute atomic E-state index is 0.00655. The number of halogens is 3. The van der Waals surface area contributed by atoms with E-state index in [1.807, 2.05) is 13.8 Å². The zero-order valence-corrected chi connectivity index (χ0v) is 11.8. The first-order valence-corrected chi connectivity index (χ1v) is 6.74. The summed E-state index contributed by atoms with van der Waals surface area (Å²) in [5.74, 6) is -0.230. The van der Waals surface area contributed by atoms with Gasteiger partial charge in [0.25, 0.3) is 0 Å². The molecule has 108 valence electrons. The number of hydrogen-bond acceptors (Lipinski definition) is 3. The van der Waals surface area contributed by atoms with Crippen molar-refractivity contribution in [2.75, 3.05) is 7.05 Å². The van der Waals surface area contributed by atoms with E-state index in [1.165, 1.54) is 18.5 Å². The van der Waals surface area contributed by atoms with Crippen LogP contribution >= 0.6 is 11.3 Å². The molecule has 0 saturated heterocycles. The van der Waals surface area contributed by atoms with Gasteiger partial charge in [-0.05, 0) is 22.9 Å². The first-order chi connectivity index (χ1) is 8.77. The van der Waals surface area contributed by atoms with Crippen molar-refractivity contribution in [3.8, 4) is 0 Å². The number of nitrogens with one attached hydrogen (secondary N) is 2.